The Morgan fingerprint density at radius 2 is 1.89 bits per heavy atom. The molecule has 1 amide bonds. The molecular formula is C20H34Cl2N4O2. The number of carbonyl (C=O) groups is 1. The Hall–Kier alpha value is -0.920. The van der Waals surface area contributed by atoms with Gasteiger partial charge in [-0.05, 0) is 37.5 Å². The molecule has 0 aromatic carbocycles. The van der Waals surface area contributed by atoms with E-state index in [1.807, 2.05) is 33.2 Å². The molecule has 1 saturated carbocycles. The van der Waals surface area contributed by atoms with Crippen LogP contribution in [0.15, 0.2) is 24.5 Å². The van der Waals surface area contributed by atoms with Crippen LogP contribution in [0.4, 0.5) is 0 Å². The Bertz CT molecular complexity index is 624. The van der Waals surface area contributed by atoms with Crippen LogP contribution in [0.3, 0.4) is 0 Å². The second-order valence-electron chi connectivity index (χ2n) is 8.22. The number of nitrogens with zero attached hydrogens (tertiary/aromatic N) is 2. The summed E-state index contributed by atoms with van der Waals surface area (Å²) in [5, 5.41) is 3.21. The van der Waals surface area contributed by atoms with Crippen LogP contribution in [-0.2, 0) is 16.1 Å². The predicted molar refractivity (Wildman–Crippen MR) is 116 cm³/mol. The maximum absolute atomic E-state index is 12.8. The molecule has 8 heteroatoms. The summed E-state index contributed by atoms with van der Waals surface area (Å²) in [5.41, 5.74) is 6.59. The Kier molecular flexibility index (Phi) is 9.16. The number of pyridine rings is 1. The van der Waals surface area contributed by atoms with Gasteiger partial charge in [0.05, 0.1) is 6.10 Å². The van der Waals surface area contributed by atoms with Crippen LogP contribution in [0.2, 0.25) is 0 Å². The van der Waals surface area contributed by atoms with Crippen LogP contribution in [0, 0.1) is 5.41 Å². The minimum atomic E-state index is -0.832. The maximum atomic E-state index is 12.8. The summed E-state index contributed by atoms with van der Waals surface area (Å²) >= 11 is 0. The van der Waals surface area contributed by atoms with E-state index in [2.05, 4.69) is 27.3 Å². The number of ether oxygens (including phenoxy) is 1. The van der Waals surface area contributed by atoms with Crippen LogP contribution < -0.4 is 11.1 Å². The van der Waals surface area contributed by atoms with Gasteiger partial charge < -0.3 is 15.8 Å². The lowest BCUT2D eigenvalue weighted by Gasteiger charge is -2.57. The highest BCUT2D eigenvalue weighted by molar-refractivity contribution is 5.89. The van der Waals surface area contributed by atoms with Crippen molar-refractivity contribution in [3.05, 3.63) is 30.1 Å². The highest BCUT2D eigenvalue weighted by Crippen LogP contribution is 2.49. The summed E-state index contributed by atoms with van der Waals surface area (Å²) in [6.07, 6.45) is 6.24. The van der Waals surface area contributed by atoms with Gasteiger partial charge in [-0.3, -0.25) is 14.7 Å². The molecule has 0 bridgehead atoms. The van der Waals surface area contributed by atoms with Gasteiger partial charge in [0, 0.05) is 56.5 Å². The first-order valence-corrected chi connectivity index (χ1v) is 9.69. The van der Waals surface area contributed by atoms with Crippen LogP contribution in [0.5, 0.6) is 0 Å². The monoisotopic (exact) mass is 432 g/mol. The third kappa shape index (κ3) is 4.97. The number of hydrogen-bond donors (Lipinski definition) is 2. The van der Waals surface area contributed by atoms with Crippen molar-refractivity contribution in [2.45, 2.75) is 64.3 Å². The van der Waals surface area contributed by atoms with Crippen LogP contribution >= 0.6 is 24.8 Å². The molecule has 28 heavy (non-hydrogen) atoms. The van der Waals surface area contributed by atoms with E-state index in [0.29, 0.717) is 13.0 Å². The molecule has 2 unspecified atom stereocenters. The Balaban J connectivity index is 0.00000196. The number of nitrogens with two attached hydrogens (primary N) is 1. The van der Waals surface area contributed by atoms with Gasteiger partial charge in [0.25, 0.3) is 0 Å². The van der Waals surface area contributed by atoms with E-state index in [1.54, 1.807) is 0 Å². The zero-order valence-electron chi connectivity index (χ0n) is 17.0. The normalized spacial score (nSPS) is 27.1. The number of rotatable bonds is 6. The highest BCUT2D eigenvalue weighted by Gasteiger charge is 2.63. The van der Waals surface area contributed by atoms with Gasteiger partial charge in [-0.2, -0.15) is 0 Å². The van der Waals surface area contributed by atoms with Crippen molar-refractivity contribution in [1.29, 1.82) is 0 Å². The van der Waals surface area contributed by atoms with E-state index in [9.17, 15) is 4.79 Å². The fourth-order valence-electron chi connectivity index (χ4n) is 4.12. The number of hydrogen-bond acceptors (Lipinski definition) is 5. The largest absolute Gasteiger partial charge is 0.378 e. The van der Waals surface area contributed by atoms with Crippen LogP contribution in [0.1, 0.15) is 45.6 Å². The number of likely N-dealkylation sites (tertiary alicyclic amines) is 1. The van der Waals surface area contributed by atoms with E-state index < -0.39 is 5.54 Å². The molecule has 2 fully saturated rings. The summed E-state index contributed by atoms with van der Waals surface area (Å²) in [4.78, 5) is 19.3. The zero-order valence-corrected chi connectivity index (χ0v) is 18.7. The predicted octanol–water partition coefficient (Wildman–Crippen LogP) is 2.54. The quantitative estimate of drug-likeness (QED) is 0.721. The standard InChI is InChI=1S/C20H32N4O2.2ClH/c1-4-26-17-13-20(21,19(17,2)3)18(25)23-16-7-11-24(12-8-16)14-15-5-9-22-10-6-15;;/h5-6,9-10,16-17H,4,7-8,11-14,21H2,1-3H3,(H,23,25);2*1H. The van der Waals surface area contributed by atoms with Crippen molar-refractivity contribution >= 4 is 30.7 Å². The van der Waals surface area contributed by atoms with Crippen molar-refractivity contribution in [2.24, 2.45) is 11.1 Å². The van der Waals surface area contributed by atoms with Gasteiger partial charge in [-0.25, -0.2) is 0 Å². The number of piperidine rings is 1. The molecule has 1 aliphatic heterocycles. The third-order valence-corrected chi connectivity index (χ3v) is 6.31. The molecule has 0 radical (unpaired) electrons. The molecule has 6 nitrogen and oxygen atoms in total. The number of nitrogens with one attached hydrogen (secondary N) is 1. The first-order chi connectivity index (χ1) is 12.4. The SMILES string of the molecule is CCOC1CC(N)(C(=O)NC2CCN(Cc3ccncc3)CC2)C1(C)C.Cl.Cl. The number of aromatic nitrogens is 1. The zero-order chi connectivity index (χ0) is 18.8. The Morgan fingerprint density at radius 3 is 2.43 bits per heavy atom. The summed E-state index contributed by atoms with van der Waals surface area (Å²) < 4.78 is 5.73. The van der Waals surface area contributed by atoms with Crippen molar-refractivity contribution in [1.82, 2.24) is 15.2 Å². The molecule has 2 heterocycles. The van der Waals surface area contributed by atoms with E-state index in [4.69, 9.17) is 10.5 Å². The number of amides is 1. The average Bonchev–Trinajstić information content (AvgIpc) is 2.64. The van der Waals surface area contributed by atoms with Gasteiger partial charge in [-0.15, -0.1) is 24.8 Å². The summed E-state index contributed by atoms with van der Waals surface area (Å²) in [5.74, 6) is -0.0222. The van der Waals surface area contributed by atoms with Gasteiger partial charge in [-0.1, -0.05) is 13.8 Å². The Labute approximate surface area is 180 Å². The van der Waals surface area contributed by atoms with Gasteiger partial charge in [0.2, 0.25) is 5.91 Å². The fourth-order valence-corrected chi connectivity index (χ4v) is 4.12. The topological polar surface area (TPSA) is 80.5 Å². The molecule has 2 atom stereocenters. The Morgan fingerprint density at radius 1 is 1.29 bits per heavy atom. The van der Waals surface area contributed by atoms with E-state index >= 15 is 0 Å². The van der Waals surface area contributed by atoms with Gasteiger partial charge in [0.1, 0.15) is 5.54 Å². The number of halogens is 2. The molecule has 1 aromatic heterocycles. The summed E-state index contributed by atoms with van der Waals surface area (Å²) in [6, 6.07) is 4.32. The van der Waals surface area contributed by atoms with Crippen molar-refractivity contribution < 1.29 is 9.53 Å². The molecule has 2 aliphatic rings. The lowest BCUT2D eigenvalue weighted by molar-refractivity contribution is -0.171. The minimum absolute atomic E-state index is 0. The summed E-state index contributed by atoms with van der Waals surface area (Å²) in [7, 11) is 0. The second-order valence-corrected chi connectivity index (χ2v) is 8.22. The van der Waals surface area contributed by atoms with E-state index in [-0.39, 0.29) is 48.3 Å². The van der Waals surface area contributed by atoms with E-state index in [0.717, 1.165) is 32.5 Å². The average molecular weight is 433 g/mol. The summed E-state index contributed by atoms with van der Waals surface area (Å²) in [6.45, 7) is 9.61. The lowest BCUT2D eigenvalue weighted by Crippen LogP contribution is -2.76. The molecule has 0 spiro atoms. The van der Waals surface area contributed by atoms with Crippen molar-refractivity contribution in [3.63, 3.8) is 0 Å². The number of carbonyl (C=O) groups excluding carboxylic acids is 1. The molecule has 3 N–H and O–H groups in total. The van der Waals surface area contributed by atoms with Crippen molar-refractivity contribution in [2.75, 3.05) is 19.7 Å². The molecule has 1 aliphatic carbocycles. The van der Waals surface area contributed by atoms with Crippen LogP contribution in [0.25, 0.3) is 0 Å². The fraction of sp³-hybridized carbons (Fsp3) is 0.700. The molecule has 1 saturated heterocycles. The third-order valence-electron chi connectivity index (χ3n) is 6.31. The maximum Gasteiger partial charge on any atom is 0.241 e. The minimum Gasteiger partial charge on any atom is -0.378 e. The smallest absolute Gasteiger partial charge is 0.241 e. The first kappa shape index (κ1) is 25.1. The van der Waals surface area contributed by atoms with Gasteiger partial charge >= 0.3 is 0 Å². The molecular weight excluding hydrogens is 399 g/mol. The lowest BCUT2D eigenvalue weighted by atomic mass is 9.54. The van der Waals surface area contributed by atoms with Crippen molar-refractivity contribution in [3.8, 4) is 0 Å². The van der Waals surface area contributed by atoms with Crippen LogP contribution in [-0.4, -0.2) is 53.2 Å². The molecule has 160 valence electrons. The second kappa shape index (κ2) is 10.2. The highest BCUT2D eigenvalue weighted by atomic mass is 35.5. The van der Waals surface area contributed by atoms with E-state index in [1.165, 1.54) is 5.56 Å². The molecule has 1 aromatic rings. The van der Waals surface area contributed by atoms with Gasteiger partial charge in [0.15, 0.2) is 0 Å². The molecule has 3 rings (SSSR count). The first-order valence-electron chi connectivity index (χ1n) is 9.69.